The van der Waals surface area contributed by atoms with Gasteiger partial charge < -0.3 is 16.2 Å². The average Bonchev–Trinajstić information content (AvgIpc) is 2.52. The Morgan fingerprint density at radius 3 is 2.79 bits per heavy atom. The highest BCUT2D eigenvalue weighted by atomic mass is 16.4. The topological polar surface area (TPSA) is 147 Å². The summed E-state index contributed by atoms with van der Waals surface area (Å²) in [6, 6.07) is -0.872. The van der Waals surface area contributed by atoms with Gasteiger partial charge in [-0.3, -0.25) is 4.79 Å². The highest BCUT2D eigenvalue weighted by molar-refractivity contribution is 5.75. The Hall–Kier alpha value is -2.19. The number of nitrogens with zero attached hydrogens (tertiary/aromatic N) is 3. The third-order valence-corrected chi connectivity index (χ3v) is 1.38. The number of H-pyrrole nitrogens is 1. The summed E-state index contributed by atoms with van der Waals surface area (Å²) >= 11 is 0. The summed E-state index contributed by atoms with van der Waals surface area (Å²) in [6.45, 7) is 0. The van der Waals surface area contributed by atoms with E-state index in [-0.39, 0.29) is 12.2 Å². The second kappa shape index (κ2) is 4.16. The van der Waals surface area contributed by atoms with Gasteiger partial charge in [0.2, 0.25) is 5.91 Å². The van der Waals surface area contributed by atoms with Crippen molar-refractivity contribution in [2.24, 2.45) is 5.73 Å². The minimum atomic E-state index is -1.29. The van der Waals surface area contributed by atoms with Crippen LogP contribution in [0.25, 0.3) is 0 Å². The van der Waals surface area contributed by atoms with Gasteiger partial charge in [-0.15, -0.1) is 10.2 Å². The predicted molar refractivity (Wildman–Crippen MR) is 41.9 cm³/mol. The van der Waals surface area contributed by atoms with Crippen LogP contribution in [0.1, 0.15) is 18.3 Å². The van der Waals surface area contributed by atoms with Crippen LogP contribution in [0.5, 0.6) is 0 Å². The van der Waals surface area contributed by atoms with Crippen molar-refractivity contribution in [3.63, 3.8) is 0 Å². The normalized spacial score (nSPS) is 12.0. The minimum absolute atomic E-state index is 0.0752. The van der Waals surface area contributed by atoms with E-state index >= 15 is 0 Å². The smallest absolute Gasteiger partial charge is 0.405 e. The Morgan fingerprint density at radius 2 is 2.36 bits per heavy atom. The molecule has 1 rings (SSSR count). The van der Waals surface area contributed by atoms with E-state index in [2.05, 4.69) is 20.6 Å². The zero-order valence-corrected chi connectivity index (χ0v) is 6.97. The number of carboxylic acid groups (broad SMARTS) is 1. The highest BCUT2D eigenvalue weighted by Gasteiger charge is 2.20. The molecule has 76 valence electrons. The maximum atomic E-state index is 10.6. The van der Waals surface area contributed by atoms with E-state index in [1.54, 1.807) is 0 Å². The number of aromatic nitrogens is 4. The molecule has 1 heterocycles. The number of aromatic amines is 1. The lowest BCUT2D eigenvalue weighted by Gasteiger charge is -2.09. The molecule has 5 N–H and O–H groups in total. The molecule has 0 aliphatic carbocycles. The summed E-state index contributed by atoms with van der Waals surface area (Å²) in [5.41, 5.74) is 4.92. The molecule has 0 fully saturated rings. The molecule has 9 nitrogen and oxygen atoms in total. The molecule has 1 atom stereocenters. The maximum absolute atomic E-state index is 10.6. The monoisotopic (exact) mass is 200 g/mol. The number of hydrogen-bond acceptors (Lipinski definition) is 5. The Balaban J connectivity index is 2.71. The van der Waals surface area contributed by atoms with Crippen molar-refractivity contribution in [3.8, 4) is 0 Å². The molecule has 14 heavy (non-hydrogen) atoms. The number of amides is 2. The van der Waals surface area contributed by atoms with Crippen molar-refractivity contribution in [2.45, 2.75) is 12.5 Å². The summed E-state index contributed by atoms with van der Waals surface area (Å²) in [5.74, 6) is -0.584. The number of tetrazole rings is 1. The fraction of sp³-hybridized carbons (Fsp3) is 0.400. The van der Waals surface area contributed by atoms with Gasteiger partial charge in [-0.25, -0.2) is 4.79 Å². The number of nitrogens with two attached hydrogens (primary N) is 1. The first-order chi connectivity index (χ1) is 6.59. The molecule has 0 bridgehead atoms. The molecule has 1 aromatic heterocycles. The number of nitrogens with one attached hydrogen (secondary N) is 2. The molecule has 0 saturated heterocycles. The first-order valence-electron chi connectivity index (χ1n) is 3.60. The second-order valence-electron chi connectivity index (χ2n) is 2.44. The van der Waals surface area contributed by atoms with Crippen molar-refractivity contribution in [3.05, 3.63) is 5.82 Å². The highest BCUT2D eigenvalue weighted by Crippen LogP contribution is 2.09. The Morgan fingerprint density at radius 1 is 1.64 bits per heavy atom. The molecule has 2 amide bonds. The van der Waals surface area contributed by atoms with Gasteiger partial charge in [0, 0.05) is 0 Å². The maximum Gasteiger partial charge on any atom is 0.405 e. The van der Waals surface area contributed by atoms with Crippen LogP contribution in [0.4, 0.5) is 4.79 Å². The van der Waals surface area contributed by atoms with E-state index < -0.39 is 18.0 Å². The van der Waals surface area contributed by atoms with E-state index in [0.29, 0.717) is 0 Å². The van der Waals surface area contributed by atoms with Crippen molar-refractivity contribution < 1.29 is 14.7 Å². The van der Waals surface area contributed by atoms with E-state index in [4.69, 9.17) is 10.8 Å². The molecule has 9 heteroatoms. The SMILES string of the molecule is NC(=O)CC(NC(=O)O)c1nn[nH]n1. The largest absolute Gasteiger partial charge is 0.465 e. The van der Waals surface area contributed by atoms with Crippen molar-refractivity contribution >= 4 is 12.0 Å². The second-order valence-corrected chi connectivity index (χ2v) is 2.44. The van der Waals surface area contributed by atoms with Crippen molar-refractivity contribution in [1.82, 2.24) is 25.9 Å². The van der Waals surface area contributed by atoms with Crippen molar-refractivity contribution in [1.29, 1.82) is 0 Å². The minimum Gasteiger partial charge on any atom is -0.465 e. The molecular weight excluding hydrogens is 192 g/mol. The van der Waals surface area contributed by atoms with Crippen LogP contribution in [0, 0.1) is 0 Å². The molecule has 0 radical (unpaired) electrons. The Labute approximate surface area is 77.7 Å². The Kier molecular flexibility index (Phi) is 2.94. The van der Waals surface area contributed by atoms with Crippen LogP contribution in [0.15, 0.2) is 0 Å². The van der Waals surface area contributed by atoms with Crippen LogP contribution in [-0.4, -0.2) is 37.7 Å². The summed E-state index contributed by atoms with van der Waals surface area (Å²) in [4.78, 5) is 20.9. The van der Waals surface area contributed by atoms with Gasteiger partial charge in [0.1, 0.15) is 6.04 Å². The van der Waals surface area contributed by atoms with Crippen LogP contribution < -0.4 is 11.1 Å². The summed E-state index contributed by atoms with van der Waals surface area (Å²) < 4.78 is 0. The van der Waals surface area contributed by atoms with Gasteiger partial charge in [0.25, 0.3) is 0 Å². The zero-order valence-electron chi connectivity index (χ0n) is 6.97. The number of hydrogen-bond donors (Lipinski definition) is 4. The quantitative estimate of drug-likeness (QED) is 0.459. The fourth-order valence-electron chi connectivity index (χ4n) is 0.874. The molecule has 1 unspecified atom stereocenters. The standard InChI is InChI=1S/C5H8N6O3/c6-3(12)1-2(7-5(13)14)4-8-10-11-9-4/h2,7H,1H2,(H2,6,12)(H,13,14)(H,8,9,10,11). The molecular formula is C5H8N6O3. The van der Waals surface area contributed by atoms with Gasteiger partial charge in [-0.2, -0.15) is 5.21 Å². The third-order valence-electron chi connectivity index (χ3n) is 1.38. The summed E-state index contributed by atoms with van der Waals surface area (Å²) in [7, 11) is 0. The lowest BCUT2D eigenvalue weighted by molar-refractivity contribution is -0.118. The molecule has 0 aliphatic heterocycles. The van der Waals surface area contributed by atoms with E-state index in [0.717, 1.165) is 0 Å². The van der Waals surface area contributed by atoms with Crippen LogP contribution in [0.3, 0.4) is 0 Å². The van der Waals surface area contributed by atoms with E-state index in [9.17, 15) is 9.59 Å². The lowest BCUT2D eigenvalue weighted by Crippen LogP contribution is -2.31. The summed E-state index contributed by atoms with van der Waals surface area (Å²) in [6.07, 6.45) is -1.51. The van der Waals surface area contributed by atoms with Crippen LogP contribution in [-0.2, 0) is 4.79 Å². The van der Waals surface area contributed by atoms with Crippen LogP contribution in [0.2, 0.25) is 0 Å². The Bertz CT molecular complexity index is 306. The third kappa shape index (κ3) is 2.69. The molecule has 1 aromatic rings. The lowest BCUT2D eigenvalue weighted by atomic mass is 10.2. The summed E-state index contributed by atoms with van der Waals surface area (Å²) in [5, 5.41) is 23.0. The van der Waals surface area contributed by atoms with E-state index in [1.807, 2.05) is 5.32 Å². The molecule has 0 aliphatic rings. The first kappa shape index (κ1) is 9.89. The molecule has 0 spiro atoms. The molecule has 0 aromatic carbocycles. The van der Waals surface area contributed by atoms with E-state index in [1.165, 1.54) is 0 Å². The number of carbonyl (C=O) groups excluding carboxylic acids is 1. The number of carbonyl (C=O) groups is 2. The number of rotatable bonds is 4. The van der Waals surface area contributed by atoms with Gasteiger partial charge in [0.15, 0.2) is 5.82 Å². The average molecular weight is 200 g/mol. The first-order valence-corrected chi connectivity index (χ1v) is 3.60. The van der Waals surface area contributed by atoms with Crippen molar-refractivity contribution in [2.75, 3.05) is 0 Å². The fourth-order valence-corrected chi connectivity index (χ4v) is 0.874. The molecule has 0 saturated carbocycles. The van der Waals surface area contributed by atoms with Gasteiger partial charge in [-0.1, -0.05) is 5.21 Å². The van der Waals surface area contributed by atoms with Gasteiger partial charge in [-0.05, 0) is 0 Å². The van der Waals surface area contributed by atoms with Crippen LogP contribution >= 0.6 is 0 Å². The predicted octanol–water partition coefficient (Wildman–Crippen LogP) is -1.62. The number of primary amides is 1. The zero-order chi connectivity index (χ0) is 10.6. The van der Waals surface area contributed by atoms with Gasteiger partial charge >= 0.3 is 6.09 Å². The van der Waals surface area contributed by atoms with Gasteiger partial charge in [0.05, 0.1) is 6.42 Å².